The molecule has 0 bridgehead atoms. The first kappa shape index (κ1) is 15.9. The summed E-state index contributed by atoms with van der Waals surface area (Å²) in [5.74, 6) is -0.171. The van der Waals surface area contributed by atoms with Gasteiger partial charge in [0.2, 0.25) is 0 Å². The van der Waals surface area contributed by atoms with Gasteiger partial charge in [0, 0.05) is 9.58 Å². The van der Waals surface area contributed by atoms with E-state index < -0.39 is 0 Å². The van der Waals surface area contributed by atoms with Crippen molar-refractivity contribution >= 4 is 63.4 Å². The van der Waals surface area contributed by atoms with E-state index in [-0.39, 0.29) is 5.91 Å². The van der Waals surface area contributed by atoms with Crippen LogP contribution in [0.25, 0.3) is 20.5 Å². The fourth-order valence-electron chi connectivity index (χ4n) is 2.62. The quantitative estimate of drug-likeness (QED) is 0.424. The Morgan fingerprint density at radius 1 is 1.08 bits per heavy atom. The summed E-state index contributed by atoms with van der Waals surface area (Å²) in [6, 6.07) is 17.2. The molecular formula is C19H13BN2OS2. The summed E-state index contributed by atoms with van der Waals surface area (Å²) in [6.45, 7) is 0. The molecule has 2 heterocycles. The van der Waals surface area contributed by atoms with E-state index in [4.69, 9.17) is 13.6 Å². The van der Waals surface area contributed by atoms with Crippen molar-refractivity contribution in [1.82, 2.24) is 0 Å². The van der Waals surface area contributed by atoms with Gasteiger partial charge < -0.3 is 11.1 Å². The molecule has 0 aliphatic rings. The Labute approximate surface area is 154 Å². The van der Waals surface area contributed by atoms with E-state index in [9.17, 15) is 4.79 Å². The highest BCUT2D eigenvalue weighted by Gasteiger charge is 2.13. The predicted octanol–water partition coefficient (Wildman–Crippen LogP) is 4.26. The Hall–Kier alpha value is -2.57. The number of nitrogens with two attached hydrogens (primary N) is 1. The van der Waals surface area contributed by atoms with Gasteiger partial charge in [0.25, 0.3) is 5.91 Å². The summed E-state index contributed by atoms with van der Waals surface area (Å²) in [5.41, 5.74) is 8.92. The monoisotopic (exact) mass is 360 g/mol. The number of benzene rings is 2. The van der Waals surface area contributed by atoms with Crippen LogP contribution in [0.3, 0.4) is 0 Å². The van der Waals surface area contributed by atoms with Gasteiger partial charge in [-0.3, -0.25) is 4.79 Å². The number of nitrogens with one attached hydrogen (secondary N) is 1. The Kier molecular flexibility index (Phi) is 4.07. The molecule has 2 aromatic heterocycles. The SMILES string of the molecule is [B]c1ccc2sc(C(=O)Nc3cc(-c4cccs4)ccc3N)cc2c1. The highest BCUT2D eigenvalue weighted by Crippen LogP contribution is 2.31. The van der Waals surface area contributed by atoms with Crippen molar-refractivity contribution in [3.8, 4) is 10.4 Å². The molecule has 0 saturated carbocycles. The molecule has 0 saturated heterocycles. The minimum atomic E-state index is -0.171. The molecular weight excluding hydrogens is 347 g/mol. The third-order valence-electron chi connectivity index (χ3n) is 3.87. The number of fused-ring (bicyclic) bond motifs is 1. The minimum absolute atomic E-state index is 0.171. The molecule has 0 aliphatic heterocycles. The lowest BCUT2D eigenvalue weighted by molar-refractivity contribution is 0.103. The zero-order valence-corrected chi connectivity index (χ0v) is 14.8. The van der Waals surface area contributed by atoms with Crippen molar-refractivity contribution in [1.29, 1.82) is 0 Å². The van der Waals surface area contributed by atoms with Gasteiger partial charge in [-0.05, 0) is 46.7 Å². The zero-order chi connectivity index (χ0) is 17.4. The van der Waals surface area contributed by atoms with E-state index >= 15 is 0 Å². The van der Waals surface area contributed by atoms with Crippen LogP contribution in [0.5, 0.6) is 0 Å². The van der Waals surface area contributed by atoms with Crippen LogP contribution in [0, 0.1) is 0 Å². The van der Waals surface area contributed by atoms with Crippen LogP contribution < -0.4 is 16.5 Å². The first-order valence-corrected chi connectivity index (χ1v) is 9.33. The second-order valence-electron chi connectivity index (χ2n) is 5.64. The maximum atomic E-state index is 12.6. The number of nitrogen functional groups attached to an aromatic ring is 1. The minimum Gasteiger partial charge on any atom is -0.397 e. The number of rotatable bonds is 3. The predicted molar refractivity (Wildman–Crippen MR) is 109 cm³/mol. The van der Waals surface area contributed by atoms with Crippen LogP contribution in [-0.4, -0.2) is 13.8 Å². The van der Waals surface area contributed by atoms with E-state index in [0.29, 0.717) is 21.7 Å². The van der Waals surface area contributed by atoms with Crippen molar-refractivity contribution in [3.05, 3.63) is 64.9 Å². The van der Waals surface area contributed by atoms with Crippen molar-refractivity contribution in [2.24, 2.45) is 0 Å². The molecule has 0 atom stereocenters. The van der Waals surface area contributed by atoms with Gasteiger partial charge in [-0.1, -0.05) is 29.7 Å². The number of anilines is 2. The molecule has 4 aromatic rings. The molecule has 2 aromatic carbocycles. The molecule has 120 valence electrons. The summed E-state index contributed by atoms with van der Waals surface area (Å²) in [5, 5.41) is 5.91. The van der Waals surface area contributed by atoms with Gasteiger partial charge in [-0.2, -0.15) is 0 Å². The molecule has 0 unspecified atom stereocenters. The molecule has 0 aliphatic carbocycles. The highest BCUT2D eigenvalue weighted by molar-refractivity contribution is 7.21. The second kappa shape index (κ2) is 6.39. The maximum absolute atomic E-state index is 12.6. The lowest BCUT2D eigenvalue weighted by atomic mass is 9.95. The van der Waals surface area contributed by atoms with Gasteiger partial charge in [0.15, 0.2) is 0 Å². The number of thiophene rings is 2. The third-order valence-corrected chi connectivity index (χ3v) is 5.91. The van der Waals surface area contributed by atoms with Crippen LogP contribution in [0.4, 0.5) is 11.4 Å². The average molecular weight is 360 g/mol. The normalized spacial score (nSPS) is 10.9. The Balaban J connectivity index is 1.64. The molecule has 2 radical (unpaired) electrons. The number of amides is 1. The molecule has 25 heavy (non-hydrogen) atoms. The molecule has 3 nitrogen and oxygen atoms in total. The van der Waals surface area contributed by atoms with E-state index in [1.54, 1.807) is 11.3 Å². The van der Waals surface area contributed by atoms with Gasteiger partial charge in [-0.15, -0.1) is 22.7 Å². The van der Waals surface area contributed by atoms with Crippen LogP contribution >= 0.6 is 22.7 Å². The lowest BCUT2D eigenvalue weighted by Crippen LogP contribution is -2.11. The topological polar surface area (TPSA) is 55.1 Å². The van der Waals surface area contributed by atoms with Gasteiger partial charge in [-0.25, -0.2) is 0 Å². The third kappa shape index (κ3) is 3.18. The standard InChI is InChI=1S/C19H13BN2OS2/c20-13-4-6-17-12(8-13)10-18(25-17)19(23)22-15-9-11(3-5-14(15)21)16-2-1-7-24-16/h1-10H,21H2,(H,22,23). The second-order valence-corrected chi connectivity index (χ2v) is 7.67. The summed E-state index contributed by atoms with van der Waals surface area (Å²) in [7, 11) is 5.80. The fourth-order valence-corrected chi connectivity index (χ4v) is 4.28. The van der Waals surface area contributed by atoms with Crippen LogP contribution in [0.15, 0.2) is 60.0 Å². The molecule has 6 heteroatoms. The van der Waals surface area contributed by atoms with Crippen LogP contribution in [0.1, 0.15) is 9.67 Å². The summed E-state index contributed by atoms with van der Waals surface area (Å²) in [4.78, 5) is 14.4. The average Bonchev–Trinajstić information content (AvgIpc) is 3.25. The van der Waals surface area contributed by atoms with Crippen molar-refractivity contribution in [2.45, 2.75) is 0 Å². The van der Waals surface area contributed by atoms with Crippen molar-refractivity contribution in [2.75, 3.05) is 11.1 Å². The molecule has 1 amide bonds. The molecule has 0 spiro atoms. The number of carbonyl (C=O) groups excluding carboxylic acids is 1. The van der Waals surface area contributed by atoms with Crippen LogP contribution in [-0.2, 0) is 0 Å². The number of hydrogen-bond acceptors (Lipinski definition) is 4. The van der Waals surface area contributed by atoms with Gasteiger partial charge in [0.1, 0.15) is 7.85 Å². The lowest BCUT2D eigenvalue weighted by Gasteiger charge is -2.09. The smallest absolute Gasteiger partial charge is 0.265 e. The summed E-state index contributed by atoms with van der Waals surface area (Å²) in [6.07, 6.45) is 0. The van der Waals surface area contributed by atoms with E-state index in [0.717, 1.165) is 20.5 Å². The number of carbonyl (C=O) groups is 1. The molecule has 3 N–H and O–H groups in total. The Bertz CT molecular complexity index is 1070. The number of hydrogen-bond donors (Lipinski definition) is 2. The molecule has 0 fully saturated rings. The van der Waals surface area contributed by atoms with Crippen molar-refractivity contribution in [3.63, 3.8) is 0 Å². The Morgan fingerprint density at radius 3 is 2.76 bits per heavy atom. The largest absolute Gasteiger partial charge is 0.397 e. The highest BCUT2D eigenvalue weighted by atomic mass is 32.1. The maximum Gasteiger partial charge on any atom is 0.265 e. The Morgan fingerprint density at radius 2 is 1.96 bits per heavy atom. The van der Waals surface area contributed by atoms with Crippen LogP contribution in [0.2, 0.25) is 0 Å². The summed E-state index contributed by atoms with van der Waals surface area (Å²) < 4.78 is 1.03. The fraction of sp³-hybridized carbons (Fsp3) is 0. The van der Waals surface area contributed by atoms with E-state index in [2.05, 4.69) is 5.32 Å². The first-order chi connectivity index (χ1) is 12.1. The van der Waals surface area contributed by atoms with Gasteiger partial charge >= 0.3 is 0 Å². The first-order valence-electron chi connectivity index (χ1n) is 7.64. The van der Waals surface area contributed by atoms with Crippen molar-refractivity contribution < 1.29 is 4.79 Å². The van der Waals surface area contributed by atoms with Gasteiger partial charge in [0.05, 0.1) is 16.3 Å². The van der Waals surface area contributed by atoms with E-state index in [1.165, 1.54) is 11.3 Å². The van der Waals surface area contributed by atoms with E-state index in [1.807, 2.05) is 60.0 Å². The zero-order valence-electron chi connectivity index (χ0n) is 13.2. The molecule has 4 rings (SSSR count). The summed E-state index contributed by atoms with van der Waals surface area (Å²) >= 11 is 3.08.